The first-order valence-electron chi connectivity index (χ1n) is 6.72. The second-order valence-electron chi connectivity index (χ2n) is 4.98. The Balaban J connectivity index is 2.07. The molecule has 1 atom stereocenters. The number of carbonyl (C=O) groups excluding carboxylic acids is 1. The summed E-state index contributed by atoms with van der Waals surface area (Å²) < 4.78 is 5.12. The number of aliphatic hydroxyl groups excluding tert-OH is 1. The van der Waals surface area contributed by atoms with Crippen molar-refractivity contribution in [2.24, 2.45) is 0 Å². The summed E-state index contributed by atoms with van der Waals surface area (Å²) in [6.07, 6.45) is 2.11. The molecular weight excluding hydrogens is 242 g/mol. The van der Waals surface area contributed by atoms with Crippen molar-refractivity contribution >= 4 is 5.91 Å². The summed E-state index contributed by atoms with van der Waals surface area (Å²) in [5, 5.41) is 9.07. The van der Waals surface area contributed by atoms with Gasteiger partial charge in [-0.3, -0.25) is 4.79 Å². The Labute approximate surface area is 114 Å². The van der Waals surface area contributed by atoms with Crippen molar-refractivity contribution in [3.05, 3.63) is 29.8 Å². The number of aliphatic hydroxyl groups is 1. The van der Waals surface area contributed by atoms with Crippen LogP contribution in [0.25, 0.3) is 0 Å². The molecule has 4 nitrogen and oxygen atoms in total. The zero-order valence-electron chi connectivity index (χ0n) is 11.5. The summed E-state index contributed by atoms with van der Waals surface area (Å²) in [5.41, 5.74) is 0.981. The van der Waals surface area contributed by atoms with E-state index in [9.17, 15) is 4.79 Å². The Morgan fingerprint density at radius 3 is 2.53 bits per heavy atom. The van der Waals surface area contributed by atoms with Crippen LogP contribution in [0.15, 0.2) is 24.3 Å². The molecule has 1 amide bonds. The van der Waals surface area contributed by atoms with Gasteiger partial charge in [0.05, 0.1) is 19.6 Å². The second-order valence-corrected chi connectivity index (χ2v) is 4.98. The highest BCUT2D eigenvalue weighted by molar-refractivity contribution is 5.84. The molecule has 0 aromatic heterocycles. The van der Waals surface area contributed by atoms with Crippen LogP contribution in [0, 0.1) is 0 Å². The molecule has 104 valence electrons. The largest absolute Gasteiger partial charge is 0.497 e. The molecule has 1 aliphatic rings. The van der Waals surface area contributed by atoms with Crippen LogP contribution in [0.5, 0.6) is 5.75 Å². The SMILES string of the molecule is COc1ccc(C(C)C(=O)N(CCO)C2CC2)cc1. The Morgan fingerprint density at radius 2 is 2.05 bits per heavy atom. The molecular formula is C15H21NO3. The lowest BCUT2D eigenvalue weighted by Crippen LogP contribution is -2.38. The Hall–Kier alpha value is -1.55. The molecule has 0 spiro atoms. The molecule has 1 N–H and O–H groups in total. The number of hydrogen-bond acceptors (Lipinski definition) is 3. The van der Waals surface area contributed by atoms with E-state index >= 15 is 0 Å². The van der Waals surface area contributed by atoms with E-state index < -0.39 is 0 Å². The van der Waals surface area contributed by atoms with Gasteiger partial charge in [-0.15, -0.1) is 0 Å². The molecule has 1 saturated carbocycles. The first kappa shape index (κ1) is 13.9. The molecule has 0 heterocycles. The van der Waals surface area contributed by atoms with Crippen LogP contribution in [0.1, 0.15) is 31.2 Å². The molecule has 0 aliphatic heterocycles. The van der Waals surface area contributed by atoms with Crippen LogP contribution in [-0.2, 0) is 4.79 Å². The molecule has 1 aromatic carbocycles. The lowest BCUT2D eigenvalue weighted by Gasteiger charge is -2.25. The van der Waals surface area contributed by atoms with E-state index in [0.717, 1.165) is 24.2 Å². The number of nitrogens with zero attached hydrogens (tertiary/aromatic N) is 1. The van der Waals surface area contributed by atoms with E-state index in [4.69, 9.17) is 9.84 Å². The van der Waals surface area contributed by atoms with Gasteiger partial charge in [0, 0.05) is 12.6 Å². The lowest BCUT2D eigenvalue weighted by molar-refractivity contribution is -0.133. The first-order chi connectivity index (χ1) is 9.17. The first-order valence-corrected chi connectivity index (χ1v) is 6.72. The lowest BCUT2D eigenvalue weighted by atomic mass is 9.99. The molecule has 1 fully saturated rings. The third kappa shape index (κ3) is 3.26. The number of rotatable bonds is 6. The maximum Gasteiger partial charge on any atom is 0.230 e. The summed E-state index contributed by atoms with van der Waals surface area (Å²) in [4.78, 5) is 14.3. The minimum absolute atomic E-state index is 0.0254. The van der Waals surface area contributed by atoms with Gasteiger partial charge in [0.2, 0.25) is 5.91 Å². The van der Waals surface area contributed by atoms with Crippen molar-refractivity contribution in [2.75, 3.05) is 20.3 Å². The van der Waals surface area contributed by atoms with Gasteiger partial charge in [-0.1, -0.05) is 12.1 Å². The quantitative estimate of drug-likeness (QED) is 0.851. The highest BCUT2D eigenvalue weighted by Gasteiger charge is 2.34. The topological polar surface area (TPSA) is 49.8 Å². The van der Waals surface area contributed by atoms with Gasteiger partial charge in [-0.25, -0.2) is 0 Å². The summed E-state index contributed by atoms with van der Waals surface area (Å²) in [6.45, 7) is 2.37. The molecule has 2 rings (SSSR count). The second kappa shape index (κ2) is 6.06. The summed E-state index contributed by atoms with van der Waals surface area (Å²) >= 11 is 0. The summed E-state index contributed by atoms with van der Waals surface area (Å²) in [7, 11) is 1.62. The van der Waals surface area contributed by atoms with Gasteiger partial charge in [-0.2, -0.15) is 0 Å². The predicted molar refractivity (Wildman–Crippen MR) is 73.2 cm³/mol. The van der Waals surface area contributed by atoms with Crippen LogP contribution in [0.3, 0.4) is 0 Å². The fraction of sp³-hybridized carbons (Fsp3) is 0.533. The maximum absolute atomic E-state index is 12.5. The van der Waals surface area contributed by atoms with E-state index in [2.05, 4.69) is 0 Å². The maximum atomic E-state index is 12.5. The number of ether oxygens (including phenoxy) is 1. The monoisotopic (exact) mass is 263 g/mol. The van der Waals surface area contributed by atoms with Crippen molar-refractivity contribution in [1.29, 1.82) is 0 Å². The van der Waals surface area contributed by atoms with Crippen LogP contribution < -0.4 is 4.74 Å². The Bertz CT molecular complexity index is 426. The van der Waals surface area contributed by atoms with Gasteiger partial charge in [0.15, 0.2) is 0 Å². The van der Waals surface area contributed by atoms with Gasteiger partial charge in [0.25, 0.3) is 0 Å². The van der Waals surface area contributed by atoms with Crippen molar-refractivity contribution in [3.8, 4) is 5.75 Å². The smallest absolute Gasteiger partial charge is 0.230 e. The van der Waals surface area contributed by atoms with Crippen molar-refractivity contribution < 1.29 is 14.6 Å². The van der Waals surface area contributed by atoms with E-state index in [-0.39, 0.29) is 18.4 Å². The molecule has 0 radical (unpaired) electrons. The minimum atomic E-state index is -0.182. The summed E-state index contributed by atoms with van der Waals surface area (Å²) in [5.74, 6) is 0.706. The van der Waals surface area contributed by atoms with Gasteiger partial charge >= 0.3 is 0 Å². The molecule has 19 heavy (non-hydrogen) atoms. The molecule has 1 unspecified atom stereocenters. The molecule has 4 heteroatoms. The fourth-order valence-corrected chi connectivity index (χ4v) is 2.25. The average Bonchev–Trinajstić information content (AvgIpc) is 3.28. The van der Waals surface area contributed by atoms with Crippen LogP contribution >= 0.6 is 0 Å². The Kier molecular flexibility index (Phi) is 4.43. The van der Waals surface area contributed by atoms with E-state index in [1.54, 1.807) is 7.11 Å². The summed E-state index contributed by atoms with van der Waals surface area (Å²) in [6, 6.07) is 7.91. The number of methoxy groups -OCH3 is 1. The van der Waals surface area contributed by atoms with Crippen molar-refractivity contribution in [3.63, 3.8) is 0 Å². The normalized spacial score (nSPS) is 15.9. The average molecular weight is 263 g/mol. The van der Waals surface area contributed by atoms with Gasteiger partial charge < -0.3 is 14.7 Å². The Morgan fingerprint density at radius 1 is 1.42 bits per heavy atom. The van der Waals surface area contributed by atoms with E-state index in [1.165, 1.54) is 0 Å². The van der Waals surface area contributed by atoms with Gasteiger partial charge in [0.1, 0.15) is 5.75 Å². The van der Waals surface area contributed by atoms with E-state index in [0.29, 0.717) is 12.6 Å². The third-order valence-corrected chi connectivity index (χ3v) is 3.60. The predicted octanol–water partition coefficient (Wildman–Crippen LogP) is 1.78. The zero-order chi connectivity index (χ0) is 13.8. The van der Waals surface area contributed by atoms with Crippen LogP contribution in [0.4, 0.5) is 0 Å². The number of amides is 1. The molecule has 0 saturated heterocycles. The molecule has 1 aromatic rings. The standard InChI is InChI=1S/C15H21NO3/c1-11(12-3-7-14(19-2)8-4-12)15(18)16(9-10-17)13-5-6-13/h3-4,7-8,11,13,17H,5-6,9-10H2,1-2H3. The van der Waals surface area contributed by atoms with Crippen LogP contribution in [0.2, 0.25) is 0 Å². The van der Waals surface area contributed by atoms with E-state index in [1.807, 2.05) is 36.1 Å². The fourth-order valence-electron chi connectivity index (χ4n) is 2.25. The van der Waals surface area contributed by atoms with Crippen molar-refractivity contribution in [1.82, 2.24) is 4.90 Å². The highest BCUT2D eigenvalue weighted by atomic mass is 16.5. The number of hydrogen-bond donors (Lipinski definition) is 1. The zero-order valence-corrected chi connectivity index (χ0v) is 11.5. The number of benzene rings is 1. The molecule has 0 bridgehead atoms. The molecule has 1 aliphatic carbocycles. The van der Waals surface area contributed by atoms with Crippen molar-refractivity contribution in [2.45, 2.75) is 31.7 Å². The van der Waals surface area contributed by atoms with Gasteiger partial charge in [-0.05, 0) is 37.5 Å². The third-order valence-electron chi connectivity index (χ3n) is 3.60. The minimum Gasteiger partial charge on any atom is -0.497 e. The van der Waals surface area contributed by atoms with Crippen LogP contribution in [-0.4, -0.2) is 42.2 Å². The number of carbonyl (C=O) groups is 1. The highest BCUT2D eigenvalue weighted by Crippen LogP contribution is 2.30.